The van der Waals surface area contributed by atoms with Crippen LogP contribution in [0, 0.1) is 5.41 Å². The van der Waals surface area contributed by atoms with Gasteiger partial charge < -0.3 is 0 Å². The molecule has 0 heterocycles. The molecule has 4 aromatic rings. The minimum Gasteiger partial charge on any atom is -0.299 e. The van der Waals surface area contributed by atoms with Gasteiger partial charge in [-0.25, -0.2) is 0 Å². The normalized spacial score (nSPS) is 11.7. The molecule has 2 nitrogen and oxygen atoms in total. The minimum atomic E-state index is -1.08. The molecule has 0 amide bonds. The van der Waals surface area contributed by atoms with Crippen molar-refractivity contribution >= 4 is 33.1 Å². The molecule has 0 spiro atoms. The van der Waals surface area contributed by atoms with Gasteiger partial charge in [0.05, 0.1) is 5.41 Å². The molecule has 4 rings (SSSR count). The van der Waals surface area contributed by atoms with E-state index in [-0.39, 0.29) is 11.6 Å². The van der Waals surface area contributed by atoms with Gasteiger partial charge >= 0.3 is 0 Å². The highest BCUT2D eigenvalue weighted by Crippen LogP contribution is 2.35. The van der Waals surface area contributed by atoms with Gasteiger partial charge in [0.2, 0.25) is 0 Å². The lowest BCUT2D eigenvalue weighted by molar-refractivity contribution is -0.138. The smallest absolute Gasteiger partial charge is 0.144 e. The first-order chi connectivity index (χ1) is 14.0. The highest BCUT2D eigenvalue weighted by Gasteiger charge is 2.41. The van der Waals surface area contributed by atoms with Crippen LogP contribution in [0.2, 0.25) is 0 Å². The first-order valence-corrected chi connectivity index (χ1v) is 9.97. The third-order valence-electron chi connectivity index (χ3n) is 6.09. The van der Waals surface area contributed by atoms with Gasteiger partial charge in [-0.1, -0.05) is 84.9 Å². The van der Waals surface area contributed by atoms with Crippen molar-refractivity contribution in [1.82, 2.24) is 0 Å². The Labute approximate surface area is 171 Å². The number of carbonyl (C=O) groups is 2. The van der Waals surface area contributed by atoms with E-state index in [9.17, 15) is 9.59 Å². The summed E-state index contributed by atoms with van der Waals surface area (Å²) in [4.78, 5) is 25.9. The highest BCUT2D eigenvalue weighted by atomic mass is 16.2. The number of ketones is 2. The van der Waals surface area contributed by atoms with E-state index in [1.807, 2.05) is 48.5 Å². The Morgan fingerprint density at radius 1 is 0.586 bits per heavy atom. The van der Waals surface area contributed by atoms with Gasteiger partial charge in [-0.3, -0.25) is 9.59 Å². The van der Waals surface area contributed by atoms with E-state index in [1.165, 1.54) is 0 Å². The molecule has 4 aromatic carbocycles. The quantitative estimate of drug-likeness (QED) is 0.388. The molecule has 0 aliphatic heterocycles. The number of hydrogen-bond donors (Lipinski definition) is 0. The van der Waals surface area contributed by atoms with Crippen LogP contribution in [0.3, 0.4) is 0 Å². The summed E-state index contributed by atoms with van der Waals surface area (Å²) in [6.45, 7) is 3.11. The van der Waals surface area contributed by atoms with Gasteiger partial charge in [0.25, 0.3) is 0 Å². The standard InChI is InChI=1S/C27H24O2/c1-19(28)27(20(2)29,17-23-13-7-11-21-9-3-5-15-25(21)23)18-24-14-8-12-22-10-4-6-16-26(22)24/h3-16H,17-18H2,1-2H3. The predicted octanol–water partition coefficient (Wildman–Crippen LogP) is 5.94. The van der Waals surface area contributed by atoms with Crippen molar-refractivity contribution in [2.45, 2.75) is 26.7 Å². The van der Waals surface area contributed by atoms with Crippen molar-refractivity contribution in [1.29, 1.82) is 0 Å². The Morgan fingerprint density at radius 2 is 0.966 bits per heavy atom. The summed E-state index contributed by atoms with van der Waals surface area (Å²) in [6, 6.07) is 28.5. The van der Waals surface area contributed by atoms with E-state index in [0.29, 0.717) is 12.8 Å². The van der Waals surface area contributed by atoms with Gasteiger partial charge in [0.15, 0.2) is 0 Å². The molecule has 0 atom stereocenters. The fourth-order valence-electron chi connectivity index (χ4n) is 4.35. The van der Waals surface area contributed by atoms with Gasteiger partial charge in [0, 0.05) is 0 Å². The summed E-state index contributed by atoms with van der Waals surface area (Å²) in [5.74, 6) is -0.156. The summed E-state index contributed by atoms with van der Waals surface area (Å²) in [6.07, 6.45) is 0.810. The first kappa shape index (κ1) is 19.1. The average Bonchev–Trinajstić information content (AvgIpc) is 2.73. The molecule has 0 radical (unpaired) electrons. The lowest BCUT2D eigenvalue weighted by atomic mass is 9.70. The second-order valence-electron chi connectivity index (χ2n) is 7.82. The van der Waals surface area contributed by atoms with Crippen LogP contribution in [0.5, 0.6) is 0 Å². The molecule has 0 N–H and O–H groups in total. The molecule has 29 heavy (non-hydrogen) atoms. The number of carbonyl (C=O) groups excluding carboxylic acids is 2. The van der Waals surface area contributed by atoms with Crippen molar-refractivity contribution in [3.8, 4) is 0 Å². The van der Waals surface area contributed by atoms with Gasteiger partial charge in [-0.2, -0.15) is 0 Å². The van der Waals surface area contributed by atoms with Crippen LogP contribution in [-0.4, -0.2) is 11.6 Å². The molecular formula is C27H24O2. The van der Waals surface area contributed by atoms with E-state index in [0.717, 1.165) is 32.7 Å². The fraction of sp³-hybridized carbons (Fsp3) is 0.185. The zero-order valence-electron chi connectivity index (χ0n) is 16.8. The molecule has 0 saturated carbocycles. The van der Waals surface area contributed by atoms with Crippen molar-refractivity contribution in [3.05, 3.63) is 96.1 Å². The largest absolute Gasteiger partial charge is 0.299 e. The van der Waals surface area contributed by atoms with Crippen LogP contribution >= 0.6 is 0 Å². The van der Waals surface area contributed by atoms with E-state index >= 15 is 0 Å². The summed E-state index contributed by atoms with van der Waals surface area (Å²) in [5, 5.41) is 4.44. The van der Waals surface area contributed by atoms with Crippen molar-refractivity contribution in [3.63, 3.8) is 0 Å². The minimum absolute atomic E-state index is 0.0779. The van der Waals surface area contributed by atoms with Crippen LogP contribution in [0.1, 0.15) is 25.0 Å². The zero-order valence-corrected chi connectivity index (χ0v) is 16.8. The lowest BCUT2D eigenvalue weighted by Gasteiger charge is -2.30. The molecular weight excluding hydrogens is 356 g/mol. The van der Waals surface area contributed by atoms with Crippen molar-refractivity contribution < 1.29 is 9.59 Å². The molecule has 0 saturated heterocycles. The van der Waals surface area contributed by atoms with E-state index < -0.39 is 5.41 Å². The second-order valence-corrected chi connectivity index (χ2v) is 7.82. The summed E-state index contributed by atoms with van der Waals surface area (Å²) in [7, 11) is 0. The number of rotatable bonds is 6. The Kier molecular flexibility index (Phi) is 5.02. The van der Waals surface area contributed by atoms with E-state index in [2.05, 4.69) is 36.4 Å². The zero-order chi connectivity index (χ0) is 20.4. The number of fused-ring (bicyclic) bond motifs is 2. The van der Waals surface area contributed by atoms with Gasteiger partial charge in [-0.05, 0) is 59.4 Å². The van der Waals surface area contributed by atoms with Crippen molar-refractivity contribution in [2.24, 2.45) is 5.41 Å². The van der Waals surface area contributed by atoms with Crippen LogP contribution in [0.25, 0.3) is 21.5 Å². The maximum Gasteiger partial charge on any atom is 0.144 e. The third-order valence-corrected chi connectivity index (χ3v) is 6.09. The topological polar surface area (TPSA) is 34.1 Å². The molecule has 0 aliphatic carbocycles. The SMILES string of the molecule is CC(=O)C(Cc1cccc2ccccc12)(Cc1cccc2ccccc12)C(C)=O. The molecule has 0 bridgehead atoms. The molecule has 0 fully saturated rings. The Hall–Kier alpha value is -3.26. The van der Waals surface area contributed by atoms with E-state index in [1.54, 1.807) is 13.8 Å². The maximum absolute atomic E-state index is 13.0. The number of benzene rings is 4. The molecule has 0 aliphatic rings. The van der Waals surface area contributed by atoms with Crippen molar-refractivity contribution in [2.75, 3.05) is 0 Å². The average molecular weight is 380 g/mol. The van der Waals surface area contributed by atoms with Gasteiger partial charge in [0.1, 0.15) is 11.6 Å². The first-order valence-electron chi connectivity index (χ1n) is 9.97. The van der Waals surface area contributed by atoms with Crippen LogP contribution in [0.4, 0.5) is 0 Å². The highest BCUT2D eigenvalue weighted by molar-refractivity contribution is 6.06. The second kappa shape index (κ2) is 7.63. The summed E-state index contributed by atoms with van der Waals surface area (Å²) in [5.41, 5.74) is 0.997. The molecule has 0 aromatic heterocycles. The summed E-state index contributed by atoms with van der Waals surface area (Å²) < 4.78 is 0. The third kappa shape index (κ3) is 3.47. The Morgan fingerprint density at radius 3 is 1.38 bits per heavy atom. The lowest BCUT2D eigenvalue weighted by Crippen LogP contribution is -2.41. The fourth-order valence-corrected chi connectivity index (χ4v) is 4.35. The van der Waals surface area contributed by atoms with E-state index in [4.69, 9.17) is 0 Å². The number of hydrogen-bond acceptors (Lipinski definition) is 2. The van der Waals surface area contributed by atoms with Crippen LogP contribution < -0.4 is 0 Å². The number of Topliss-reactive ketones (excluding diaryl/α,β-unsaturated/α-hetero) is 2. The Bertz CT molecular complexity index is 1110. The molecule has 0 unspecified atom stereocenters. The van der Waals surface area contributed by atoms with Crippen LogP contribution in [0.15, 0.2) is 84.9 Å². The van der Waals surface area contributed by atoms with Crippen LogP contribution in [-0.2, 0) is 22.4 Å². The van der Waals surface area contributed by atoms with Gasteiger partial charge in [-0.15, -0.1) is 0 Å². The Balaban J connectivity index is 1.85. The monoisotopic (exact) mass is 380 g/mol. The molecule has 144 valence electrons. The molecule has 2 heteroatoms. The maximum atomic E-state index is 13.0. The predicted molar refractivity (Wildman–Crippen MR) is 119 cm³/mol. The summed E-state index contributed by atoms with van der Waals surface area (Å²) >= 11 is 0.